The number of Topliss-reactive ketones (excluding diaryl/α,β-unsaturated/α-hetero) is 1. The van der Waals surface area contributed by atoms with Crippen LogP contribution in [0.2, 0.25) is 0 Å². The summed E-state index contributed by atoms with van der Waals surface area (Å²) in [6.07, 6.45) is 0.831. The molecule has 0 spiro atoms. The van der Waals surface area contributed by atoms with Gasteiger partial charge in [-0.05, 0) is 36.7 Å². The first-order chi connectivity index (χ1) is 8.60. The predicted molar refractivity (Wildman–Crippen MR) is 74.3 cm³/mol. The van der Waals surface area contributed by atoms with Gasteiger partial charge in [0.15, 0.2) is 10.1 Å². The van der Waals surface area contributed by atoms with E-state index in [1.165, 1.54) is 30.2 Å². The number of benzene rings is 1. The van der Waals surface area contributed by atoms with Crippen molar-refractivity contribution >= 4 is 34.8 Å². The Morgan fingerprint density at radius 3 is 2.89 bits per heavy atom. The minimum absolute atomic E-state index is 0.0264. The van der Waals surface area contributed by atoms with Crippen molar-refractivity contribution < 1.29 is 4.79 Å². The molecular weight excluding hydrogens is 266 g/mol. The lowest BCUT2D eigenvalue weighted by Gasteiger charge is -2.04. The van der Waals surface area contributed by atoms with Crippen LogP contribution in [0, 0.1) is 0 Å². The molecule has 0 aliphatic carbocycles. The highest BCUT2D eigenvalue weighted by Crippen LogP contribution is 2.31. The summed E-state index contributed by atoms with van der Waals surface area (Å²) in [5.74, 6) is 0.825. The van der Waals surface area contributed by atoms with E-state index in [2.05, 4.69) is 9.36 Å². The van der Waals surface area contributed by atoms with Crippen LogP contribution in [0.4, 0.5) is 5.69 Å². The Morgan fingerprint density at radius 2 is 2.28 bits per heavy atom. The molecule has 0 unspecified atom stereocenters. The lowest BCUT2D eigenvalue weighted by Crippen LogP contribution is -1.99. The second kappa shape index (κ2) is 5.49. The molecule has 0 amide bonds. The number of hydrogen-bond donors (Lipinski definition) is 1. The SMILES string of the molecule is CCc1nsc(Sc2ccc(N)c(C(C)=O)c2)n1. The van der Waals surface area contributed by atoms with E-state index < -0.39 is 0 Å². The van der Waals surface area contributed by atoms with Gasteiger partial charge in [-0.1, -0.05) is 18.7 Å². The average Bonchev–Trinajstić information content (AvgIpc) is 2.79. The minimum atomic E-state index is -0.0264. The van der Waals surface area contributed by atoms with Crippen molar-refractivity contribution in [3.05, 3.63) is 29.6 Å². The van der Waals surface area contributed by atoms with Gasteiger partial charge in [-0.2, -0.15) is 4.37 Å². The lowest BCUT2D eigenvalue weighted by atomic mass is 10.1. The van der Waals surface area contributed by atoms with Gasteiger partial charge in [-0.3, -0.25) is 4.79 Å². The summed E-state index contributed by atoms with van der Waals surface area (Å²) in [6.45, 7) is 3.54. The average molecular weight is 279 g/mol. The maximum absolute atomic E-state index is 11.4. The molecule has 1 heterocycles. The smallest absolute Gasteiger partial charge is 0.174 e. The van der Waals surface area contributed by atoms with E-state index >= 15 is 0 Å². The molecule has 0 saturated carbocycles. The van der Waals surface area contributed by atoms with Gasteiger partial charge in [-0.25, -0.2) is 4.98 Å². The maximum atomic E-state index is 11.4. The van der Waals surface area contributed by atoms with Crippen LogP contribution in [0.15, 0.2) is 27.4 Å². The molecule has 2 aromatic rings. The molecular formula is C12H13N3OS2. The number of rotatable bonds is 4. The molecule has 1 aromatic carbocycles. The zero-order chi connectivity index (χ0) is 13.1. The molecule has 0 aliphatic rings. The number of nitrogens with zero attached hydrogens (tertiary/aromatic N) is 2. The Labute approximate surface area is 114 Å². The van der Waals surface area contributed by atoms with Crippen molar-refractivity contribution in [2.75, 3.05) is 5.73 Å². The summed E-state index contributed by atoms with van der Waals surface area (Å²) in [7, 11) is 0. The van der Waals surface area contributed by atoms with E-state index in [1.807, 2.05) is 13.0 Å². The second-order valence-electron chi connectivity index (χ2n) is 3.74. The van der Waals surface area contributed by atoms with E-state index in [4.69, 9.17) is 5.73 Å². The molecule has 18 heavy (non-hydrogen) atoms. The van der Waals surface area contributed by atoms with E-state index in [1.54, 1.807) is 12.1 Å². The summed E-state index contributed by atoms with van der Waals surface area (Å²) < 4.78 is 5.10. The monoisotopic (exact) mass is 279 g/mol. The van der Waals surface area contributed by atoms with Gasteiger partial charge in [0.05, 0.1) is 0 Å². The van der Waals surface area contributed by atoms with Gasteiger partial charge >= 0.3 is 0 Å². The van der Waals surface area contributed by atoms with Gasteiger partial charge in [0.25, 0.3) is 0 Å². The predicted octanol–water partition coefficient (Wildman–Crippen LogP) is 3.04. The van der Waals surface area contributed by atoms with Gasteiger partial charge in [0.1, 0.15) is 5.82 Å². The Balaban J connectivity index is 2.24. The number of aromatic nitrogens is 2. The van der Waals surface area contributed by atoms with E-state index in [0.29, 0.717) is 11.3 Å². The fraction of sp³-hybridized carbons (Fsp3) is 0.250. The molecule has 0 atom stereocenters. The number of aryl methyl sites for hydroxylation is 1. The third-order valence-corrected chi connectivity index (χ3v) is 4.15. The molecule has 0 radical (unpaired) electrons. The van der Waals surface area contributed by atoms with E-state index in [0.717, 1.165) is 21.5 Å². The molecule has 0 bridgehead atoms. The van der Waals surface area contributed by atoms with Crippen LogP contribution in [0.25, 0.3) is 0 Å². The highest BCUT2D eigenvalue weighted by atomic mass is 32.2. The summed E-state index contributed by atoms with van der Waals surface area (Å²) in [5.41, 5.74) is 6.82. The molecule has 6 heteroatoms. The standard InChI is InChI=1S/C12H13N3OS2/c1-3-11-14-12(18-15-11)17-8-4-5-10(13)9(6-8)7(2)16/h4-6H,3,13H2,1-2H3. The van der Waals surface area contributed by atoms with Crippen molar-refractivity contribution in [3.8, 4) is 0 Å². The number of carbonyl (C=O) groups excluding carboxylic acids is 1. The van der Waals surface area contributed by atoms with Crippen molar-refractivity contribution in [1.82, 2.24) is 9.36 Å². The molecule has 0 saturated heterocycles. The largest absolute Gasteiger partial charge is 0.398 e. The van der Waals surface area contributed by atoms with Gasteiger partial charge in [-0.15, -0.1) is 0 Å². The van der Waals surface area contributed by atoms with E-state index in [9.17, 15) is 4.79 Å². The van der Waals surface area contributed by atoms with Crippen LogP contribution < -0.4 is 5.73 Å². The van der Waals surface area contributed by atoms with Crippen molar-refractivity contribution in [1.29, 1.82) is 0 Å². The lowest BCUT2D eigenvalue weighted by molar-refractivity contribution is 0.101. The third kappa shape index (κ3) is 2.88. The first-order valence-corrected chi connectivity index (χ1v) is 7.10. The number of ketones is 1. The quantitative estimate of drug-likeness (QED) is 0.688. The maximum Gasteiger partial charge on any atom is 0.174 e. The van der Waals surface area contributed by atoms with E-state index in [-0.39, 0.29) is 5.78 Å². The van der Waals surface area contributed by atoms with Crippen LogP contribution in [-0.2, 0) is 6.42 Å². The van der Waals surface area contributed by atoms with Crippen molar-refractivity contribution in [2.24, 2.45) is 0 Å². The summed E-state index contributed by atoms with van der Waals surface area (Å²) in [5, 5.41) is 0. The van der Waals surface area contributed by atoms with Crippen LogP contribution >= 0.6 is 23.3 Å². The van der Waals surface area contributed by atoms with Crippen molar-refractivity contribution in [3.63, 3.8) is 0 Å². The molecule has 2 N–H and O–H groups in total. The summed E-state index contributed by atoms with van der Waals surface area (Å²) in [6, 6.07) is 5.44. The normalized spacial score (nSPS) is 10.6. The Bertz CT molecular complexity index is 580. The molecule has 4 nitrogen and oxygen atoms in total. The second-order valence-corrected chi connectivity index (χ2v) is 5.81. The number of nitrogens with two attached hydrogens (primary N) is 1. The molecule has 0 fully saturated rings. The zero-order valence-electron chi connectivity index (χ0n) is 10.1. The number of anilines is 1. The third-order valence-electron chi connectivity index (χ3n) is 2.37. The highest BCUT2D eigenvalue weighted by molar-refractivity contribution is 8.01. The van der Waals surface area contributed by atoms with Gasteiger partial charge < -0.3 is 5.73 Å². The van der Waals surface area contributed by atoms with Crippen LogP contribution in [-0.4, -0.2) is 15.1 Å². The highest BCUT2D eigenvalue weighted by Gasteiger charge is 2.09. The number of carbonyl (C=O) groups is 1. The first-order valence-electron chi connectivity index (χ1n) is 5.51. The number of hydrogen-bond acceptors (Lipinski definition) is 6. The van der Waals surface area contributed by atoms with Crippen LogP contribution in [0.5, 0.6) is 0 Å². The van der Waals surface area contributed by atoms with Crippen LogP contribution in [0.1, 0.15) is 30.0 Å². The molecule has 0 aliphatic heterocycles. The Kier molecular flexibility index (Phi) is 3.98. The van der Waals surface area contributed by atoms with Gasteiger partial charge in [0, 0.05) is 22.6 Å². The summed E-state index contributed by atoms with van der Waals surface area (Å²) in [4.78, 5) is 16.7. The fourth-order valence-corrected chi connectivity index (χ4v) is 3.14. The Morgan fingerprint density at radius 1 is 1.50 bits per heavy atom. The van der Waals surface area contributed by atoms with Crippen molar-refractivity contribution in [2.45, 2.75) is 29.5 Å². The zero-order valence-corrected chi connectivity index (χ0v) is 11.8. The fourth-order valence-electron chi connectivity index (χ4n) is 1.43. The molecule has 1 aromatic heterocycles. The van der Waals surface area contributed by atoms with Crippen LogP contribution in [0.3, 0.4) is 0 Å². The Hall–Kier alpha value is -1.40. The molecule has 2 rings (SSSR count). The topological polar surface area (TPSA) is 68.9 Å². The van der Waals surface area contributed by atoms with Gasteiger partial charge in [0.2, 0.25) is 0 Å². The minimum Gasteiger partial charge on any atom is -0.398 e. The molecule has 94 valence electrons. The number of nitrogen functional groups attached to an aromatic ring is 1. The summed E-state index contributed by atoms with van der Waals surface area (Å²) >= 11 is 2.87. The first kappa shape index (κ1) is 13.0.